The number of alkyl halides is 2. The fourth-order valence-corrected chi connectivity index (χ4v) is 0.955. The van der Waals surface area contributed by atoms with Crippen molar-refractivity contribution in [1.29, 1.82) is 0 Å². The fraction of sp³-hybridized carbons (Fsp3) is 0.250. The Bertz CT molecular complexity index is 280. The molecule has 0 heterocycles. The van der Waals surface area contributed by atoms with Gasteiger partial charge in [-0.15, -0.1) is 0 Å². The highest BCUT2D eigenvalue weighted by Crippen LogP contribution is 2.23. The molecular formula is C8H7F4N. The molecule has 1 aromatic carbocycles. The molecular weight excluding hydrogens is 186 g/mol. The summed E-state index contributed by atoms with van der Waals surface area (Å²) >= 11 is 0. The van der Waals surface area contributed by atoms with Crippen molar-refractivity contribution < 1.29 is 17.6 Å². The normalized spacial score (nSPS) is 13.4. The van der Waals surface area contributed by atoms with Crippen molar-refractivity contribution in [3.63, 3.8) is 0 Å². The molecule has 13 heavy (non-hydrogen) atoms. The first-order valence-electron chi connectivity index (χ1n) is 3.51. The van der Waals surface area contributed by atoms with Gasteiger partial charge in [0.05, 0.1) is 6.04 Å². The Morgan fingerprint density at radius 1 is 1.08 bits per heavy atom. The standard InChI is InChI=1S/C8H7F4N/c9-4-2-1-3-5(10)6(4)7(13)8(11)12/h1-3,7-8H,13H2/t7-/m1/s1. The first-order chi connectivity index (χ1) is 6.04. The maximum atomic E-state index is 12.8. The molecule has 1 atom stereocenters. The Balaban J connectivity index is 3.12. The highest BCUT2D eigenvalue weighted by Gasteiger charge is 2.24. The van der Waals surface area contributed by atoms with Gasteiger partial charge in [-0.25, -0.2) is 17.6 Å². The molecule has 0 saturated heterocycles. The fourth-order valence-electron chi connectivity index (χ4n) is 0.955. The van der Waals surface area contributed by atoms with Crippen molar-refractivity contribution in [3.05, 3.63) is 35.4 Å². The average molecular weight is 193 g/mol. The summed E-state index contributed by atoms with van der Waals surface area (Å²) in [6, 6.07) is 0.953. The van der Waals surface area contributed by atoms with E-state index >= 15 is 0 Å². The minimum Gasteiger partial charge on any atom is -0.319 e. The molecule has 1 aromatic rings. The number of halogens is 4. The third kappa shape index (κ3) is 1.98. The Kier molecular flexibility index (Phi) is 2.87. The molecule has 1 nitrogen and oxygen atoms in total. The van der Waals surface area contributed by atoms with Gasteiger partial charge >= 0.3 is 0 Å². The van der Waals surface area contributed by atoms with Crippen LogP contribution in [-0.4, -0.2) is 6.43 Å². The summed E-state index contributed by atoms with van der Waals surface area (Å²) in [6.07, 6.45) is -2.98. The average Bonchev–Trinajstić information content (AvgIpc) is 2.03. The van der Waals surface area contributed by atoms with E-state index in [4.69, 9.17) is 5.73 Å². The van der Waals surface area contributed by atoms with Crippen LogP contribution in [-0.2, 0) is 0 Å². The topological polar surface area (TPSA) is 26.0 Å². The quantitative estimate of drug-likeness (QED) is 0.716. The molecule has 0 unspecified atom stereocenters. The second-order valence-electron chi connectivity index (χ2n) is 2.50. The summed E-state index contributed by atoms with van der Waals surface area (Å²) in [7, 11) is 0. The third-order valence-corrected chi connectivity index (χ3v) is 1.60. The Hall–Kier alpha value is -1.10. The van der Waals surface area contributed by atoms with Gasteiger partial charge in [0.25, 0.3) is 6.43 Å². The van der Waals surface area contributed by atoms with E-state index in [1.165, 1.54) is 0 Å². The zero-order valence-electron chi connectivity index (χ0n) is 6.48. The lowest BCUT2D eigenvalue weighted by Crippen LogP contribution is -2.21. The van der Waals surface area contributed by atoms with Crippen LogP contribution >= 0.6 is 0 Å². The van der Waals surface area contributed by atoms with Crippen LogP contribution in [0.25, 0.3) is 0 Å². The zero-order valence-corrected chi connectivity index (χ0v) is 6.48. The molecule has 0 bridgehead atoms. The summed E-state index contributed by atoms with van der Waals surface area (Å²) in [4.78, 5) is 0. The predicted octanol–water partition coefficient (Wildman–Crippen LogP) is 2.23. The molecule has 0 aromatic heterocycles. The molecule has 1 rings (SSSR count). The summed E-state index contributed by atoms with van der Waals surface area (Å²) in [5.41, 5.74) is 4.14. The molecule has 5 heteroatoms. The van der Waals surface area contributed by atoms with Crippen LogP contribution in [0.4, 0.5) is 17.6 Å². The maximum Gasteiger partial charge on any atom is 0.257 e. The van der Waals surface area contributed by atoms with E-state index < -0.39 is 29.7 Å². The second kappa shape index (κ2) is 3.74. The maximum absolute atomic E-state index is 12.8. The van der Waals surface area contributed by atoms with Crippen LogP contribution in [0.5, 0.6) is 0 Å². The van der Waals surface area contributed by atoms with Crippen LogP contribution in [0.2, 0.25) is 0 Å². The number of nitrogens with two attached hydrogens (primary N) is 1. The molecule has 0 spiro atoms. The van der Waals surface area contributed by atoms with Gasteiger partial charge in [-0.3, -0.25) is 0 Å². The van der Waals surface area contributed by atoms with E-state index in [-0.39, 0.29) is 0 Å². The van der Waals surface area contributed by atoms with E-state index in [9.17, 15) is 17.6 Å². The zero-order chi connectivity index (χ0) is 10.0. The van der Waals surface area contributed by atoms with Crippen molar-refractivity contribution in [3.8, 4) is 0 Å². The van der Waals surface area contributed by atoms with Crippen LogP contribution in [0, 0.1) is 11.6 Å². The number of hydrogen-bond acceptors (Lipinski definition) is 1. The lowest BCUT2D eigenvalue weighted by Gasteiger charge is -2.12. The van der Waals surface area contributed by atoms with Crippen LogP contribution in [0.1, 0.15) is 11.6 Å². The monoisotopic (exact) mass is 193 g/mol. The summed E-state index contributed by atoms with van der Waals surface area (Å²) in [6.45, 7) is 0. The predicted molar refractivity (Wildman–Crippen MR) is 39.3 cm³/mol. The Morgan fingerprint density at radius 2 is 1.54 bits per heavy atom. The number of hydrogen-bond donors (Lipinski definition) is 1. The minimum atomic E-state index is -2.98. The van der Waals surface area contributed by atoms with Gasteiger partial charge in [-0.2, -0.15) is 0 Å². The van der Waals surface area contributed by atoms with Crippen molar-refractivity contribution in [2.24, 2.45) is 5.73 Å². The molecule has 0 saturated carbocycles. The lowest BCUT2D eigenvalue weighted by atomic mass is 10.1. The molecule has 0 radical (unpaired) electrons. The van der Waals surface area contributed by atoms with Crippen molar-refractivity contribution in [1.82, 2.24) is 0 Å². The second-order valence-corrected chi connectivity index (χ2v) is 2.50. The first kappa shape index (κ1) is 9.98. The van der Waals surface area contributed by atoms with Gasteiger partial charge in [-0.1, -0.05) is 6.07 Å². The molecule has 0 fully saturated rings. The lowest BCUT2D eigenvalue weighted by molar-refractivity contribution is 0.113. The van der Waals surface area contributed by atoms with E-state index in [1.807, 2.05) is 0 Å². The SMILES string of the molecule is N[C@H](c1c(F)cccc1F)C(F)F. The van der Waals surface area contributed by atoms with Gasteiger partial charge in [-0.05, 0) is 12.1 Å². The van der Waals surface area contributed by atoms with Crippen molar-refractivity contribution in [2.45, 2.75) is 12.5 Å². The van der Waals surface area contributed by atoms with Crippen LogP contribution in [0.3, 0.4) is 0 Å². The summed E-state index contributed by atoms with van der Waals surface area (Å²) < 4.78 is 49.6. The third-order valence-electron chi connectivity index (χ3n) is 1.60. The molecule has 0 amide bonds. The molecule has 0 aliphatic heterocycles. The molecule has 72 valence electrons. The highest BCUT2D eigenvalue weighted by atomic mass is 19.3. The molecule has 2 N–H and O–H groups in total. The van der Waals surface area contributed by atoms with E-state index in [0.717, 1.165) is 18.2 Å². The van der Waals surface area contributed by atoms with E-state index in [0.29, 0.717) is 0 Å². The molecule has 0 aliphatic carbocycles. The van der Waals surface area contributed by atoms with Crippen LogP contribution < -0.4 is 5.73 Å². The number of benzene rings is 1. The van der Waals surface area contributed by atoms with Gasteiger partial charge < -0.3 is 5.73 Å². The van der Waals surface area contributed by atoms with E-state index in [1.54, 1.807) is 0 Å². The smallest absolute Gasteiger partial charge is 0.257 e. The van der Waals surface area contributed by atoms with Crippen molar-refractivity contribution in [2.75, 3.05) is 0 Å². The van der Waals surface area contributed by atoms with Gasteiger partial charge in [0, 0.05) is 5.56 Å². The first-order valence-corrected chi connectivity index (χ1v) is 3.51. The molecule has 0 aliphatic rings. The number of rotatable bonds is 2. The summed E-state index contributed by atoms with van der Waals surface area (Å²) in [5.74, 6) is -2.10. The van der Waals surface area contributed by atoms with Crippen molar-refractivity contribution >= 4 is 0 Å². The largest absolute Gasteiger partial charge is 0.319 e. The van der Waals surface area contributed by atoms with Gasteiger partial charge in [0.1, 0.15) is 11.6 Å². The Labute approximate surface area is 72.2 Å². The van der Waals surface area contributed by atoms with Gasteiger partial charge in [0.15, 0.2) is 0 Å². The minimum absolute atomic E-state index is 0.766. The Morgan fingerprint density at radius 3 is 1.92 bits per heavy atom. The summed E-state index contributed by atoms with van der Waals surface area (Å²) in [5, 5.41) is 0. The van der Waals surface area contributed by atoms with Gasteiger partial charge in [0.2, 0.25) is 0 Å². The highest BCUT2D eigenvalue weighted by molar-refractivity contribution is 5.23. The van der Waals surface area contributed by atoms with Crippen LogP contribution in [0.15, 0.2) is 18.2 Å². The van der Waals surface area contributed by atoms with E-state index in [2.05, 4.69) is 0 Å².